The maximum absolute atomic E-state index is 13.0. The molecule has 0 spiro atoms. The lowest BCUT2D eigenvalue weighted by atomic mass is 10.1. The molecule has 1 fully saturated rings. The maximum Gasteiger partial charge on any atom is 0.257 e. The van der Waals surface area contributed by atoms with Gasteiger partial charge in [0, 0.05) is 44.5 Å². The second-order valence-corrected chi connectivity index (χ2v) is 10.8. The monoisotopic (exact) mass is 451 g/mol. The molecule has 1 N–H and O–H groups in total. The molecule has 4 rings (SSSR count). The lowest BCUT2D eigenvalue weighted by molar-refractivity contribution is -0.119. The Morgan fingerprint density at radius 3 is 2.63 bits per heavy atom. The number of amides is 2. The number of aryl methyl sites for hydroxylation is 1. The topological polar surface area (TPSA) is 105 Å². The van der Waals surface area contributed by atoms with Crippen LogP contribution in [0.4, 0.5) is 0 Å². The van der Waals surface area contributed by atoms with Crippen LogP contribution in [0.3, 0.4) is 0 Å². The van der Waals surface area contributed by atoms with Crippen molar-refractivity contribution in [2.24, 2.45) is 0 Å². The molecule has 30 heavy (non-hydrogen) atoms. The highest BCUT2D eigenvalue weighted by Gasteiger charge is 2.32. The van der Waals surface area contributed by atoms with Crippen molar-refractivity contribution in [2.75, 3.05) is 26.2 Å². The number of nitrogens with zero attached hydrogens (tertiary/aromatic N) is 4. The first-order chi connectivity index (χ1) is 14.4. The summed E-state index contributed by atoms with van der Waals surface area (Å²) in [5, 5.41) is 7.00. The number of carbonyl (C=O) groups excluding carboxylic acids is 2. The second kappa shape index (κ2) is 8.48. The van der Waals surface area contributed by atoms with Gasteiger partial charge in [-0.1, -0.05) is 0 Å². The lowest BCUT2D eigenvalue weighted by Gasteiger charge is -2.33. The van der Waals surface area contributed by atoms with Gasteiger partial charge in [-0.05, 0) is 31.4 Å². The average Bonchev–Trinajstić information content (AvgIpc) is 3.39. The molecule has 0 radical (unpaired) electrons. The summed E-state index contributed by atoms with van der Waals surface area (Å²) in [5.41, 5.74) is 1.64. The van der Waals surface area contributed by atoms with Crippen LogP contribution in [0.5, 0.6) is 0 Å². The molecule has 2 amide bonds. The van der Waals surface area contributed by atoms with E-state index in [-0.39, 0.29) is 29.1 Å². The molecule has 4 heterocycles. The van der Waals surface area contributed by atoms with Gasteiger partial charge in [0.2, 0.25) is 5.91 Å². The van der Waals surface area contributed by atoms with Gasteiger partial charge >= 0.3 is 0 Å². The van der Waals surface area contributed by atoms with Crippen LogP contribution in [0.25, 0.3) is 0 Å². The molecular formula is C19H25N5O4S2. The zero-order valence-corrected chi connectivity index (χ0v) is 18.5. The highest BCUT2D eigenvalue weighted by molar-refractivity contribution is 7.91. The van der Waals surface area contributed by atoms with Crippen molar-refractivity contribution in [3.05, 3.63) is 34.5 Å². The second-order valence-electron chi connectivity index (χ2n) is 7.51. The number of thiophene rings is 1. The molecule has 0 saturated carbocycles. The number of sulfonamides is 1. The molecule has 2 aliphatic heterocycles. The Balaban J connectivity index is 1.39. The van der Waals surface area contributed by atoms with Gasteiger partial charge in [-0.2, -0.15) is 9.40 Å². The van der Waals surface area contributed by atoms with Gasteiger partial charge in [0.1, 0.15) is 4.21 Å². The van der Waals surface area contributed by atoms with Crippen molar-refractivity contribution < 1.29 is 18.0 Å². The number of piperazine rings is 1. The van der Waals surface area contributed by atoms with E-state index in [0.29, 0.717) is 25.2 Å². The van der Waals surface area contributed by atoms with Crippen molar-refractivity contribution in [1.29, 1.82) is 0 Å². The smallest absolute Gasteiger partial charge is 0.257 e. The fourth-order valence-corrected chi connectivity index (χ4v) is 6.70. The quantitative estimate of drug-likeness (QED) is 0.732. The number of rotatable bonds is 5. The van der Waals surface area contributed by atoms with Crippen LogP contribution in [0.2, 0.25) is 0 Å². The van der Waals surface area contributed by atoms with E-state index >= 15 is 0 Å². The summed E-state index contributed by atoms with van der Waals surface area (Å²) in [7, 11) is -3.61. The van der Waals surface area contributed by atoms with Crippen LogP contribution < -0.4 is 5.32 Å². The van der Waals surface area contributed by atoms with Gasteiger partial charge in [0.05, 0.1) is 24.0 Å². The van der Waals surface area contributed by atoms with E-state index in [0.717, 1.165) is 47.7 Å². The minimum absolute atomic E-state index is 0.0658. The lowest BCUT2D eigenvalue weighted by Crippen LogP contribution is -2.50. The summed E-state index contributed by atoms with van der Waals surface area (Å²) in [6, 6.07) is 3.30. The first-order valence-corrected chi connectivity index (χ1v) is 12.3. The predicted octanol–water partition coefficient (Wildman–Crippen LogP) is 1.06. The molecule has 11 heteroatoms. The van der Waals surface area contributed by atoms with E-state index in [9.17, 15) is 18.0 Å². The molecule has 0 aliphatic carbocycles. The SMILES string of the molecule is CC(=O)NCc1ccc(S(=O)(=O)N2CCN(C(=O)c3cnn4c3CCCC4)CC2)s1. The molecule has 0 unspecified atom stereocenters. The molecule has 0 aromatic carbocycles. The van der Waals surface area contributed by atoms with Gasteiger partial charge in [-0.3, -0.25) is 14.3 Å². The Morgan fingerprint density at radius 2 is 1.90 bits per heavy atom. The van der Waals surface area contributed by atoms with Crippen LogP contribution >= 0.6 is 11.3 Å². The van der Waals surface area contributed by atoms with Gasteiger partial charge in [0.15, 0.2) is 0 Å². The summed E-state index contributed by atoms with van der Waals surface area (Å²) in [5.74, 6) is -0.225. The number of aromatic nitrogens is 2. The number of carbonyl (C=O) groups is 2. The highest BCUT2D eigenvalue weighted by Crippen LogP contribution is 2.26. The Bertz CT molecular complexity index is 1050. The zero-order valence-electron chi connectivity index (χ0n) is 16.8. The maximum atomic E-state index is 13.0. The predicted molar refractivity (Wildman–Crippen MR) is 112 cm³/mol. The Kier molecular flexibility index (Phi) is 5.94. The third-order valence-corrected chi connectivity index (χ3v) is 8.93. The third kappa shape index (κ3) is 4.14. The molecule has 2 aromatic rings. The van der Waals surface area contributed by atoms with E-state index in [1.54, 1.807) is 23.2 Å². The fraction of sp³-hybridized carbons (Fsp3) is 0.526. The molecule has 0 atom stereocenters. The van der Waals surface area contributed by atoms with Crippen LogP contribution in [-0.2, 0) is 34.3 Å². The van der Waals surface area contributed by atoms with Crippen molar-refractivity contribution in [1.82, 2.24) is 24.3 Å². The number of hydrogen-bond donors (Lipinski definition) is 1. The minimum Gasteiger partial charge on any atom is -0.351 e. The molecular weight excluding hydrogens is 426 g/mol. The van der Waals surface area contributed by atoms with Crippen molar-refractivity contribution in [3.63, 3.8) is 0 Å². The molecule has 2 aromatic heterocycles. The number of fused-ring (bicyclic) bond motifs is 1. The molecule has 9 nitrogen and oxygen atoms in total. The number of nitrogens with one attached hydrogen (secondary N) is 1. The summed E-state index contributed by atoms with van der Waals surface area (Å²) < 4.78 is 29.5. The number of hydrogen-bond acceptors (Lipinski definition) is 6. The first-order valence-electron chi connectivity index (χ1n) is 10.0. The van der Waals surface area contributed by atoms with Crippen LogP contribution in [0.15, 0.2) is 22.5 Å². The highest BCUT2D eigenvalue weighted by atomic mass is 32.2. The largest absolute Gasteiger partial charge is 0.351 e. The molecule has 1 saturated heterocycles. The minimum atomic E-state index is -3.61. The Morgan fingerprint density at radius 1 is 1.13 bits per heavy atom. The average molecular weight is 452 g/mol. The van der Waals surface area contributed by atoms with E-state index in [1.165, 1.54) is 11.2 Å². The Labute approximate surface area is 179 Å². The van der Waals surface area contributed by atoms with Crippen molar-refractivity contribution >= 4 is 33.2 Å². The van der Waals surface area contributed by atoms with E-state index in [2.05, 4.69) is 10.4 Å². The normalized spacial score (nSPS) is 17.6. The Hall–Kier alpha value is -2.24. The first kappa shape index (κ1) is 21.0. The standard InChI is InChI=1S/C19H25N5O4S2/c1-14(25)20-12-15-5-6-18(29-15)30(27,28)23-10-8-22(9-11-23)19(26)16-13-21-24-7-3-2-4-17(16)24/h5-6,13H,2-4,7-12H2,1H3,(H,20,25). The van der Waals surface area contributed by atoms with Gasteiger partial charge in [0.25, 0.3) is 15.9 Å². The summed E-state index contributed by atoms with van der Waals surface area (Å²) in [4.78, 5) is 26.5. The zero-order chi connectivity index (χ0) is 21.3. The van der Waals surface area contributed by atoms with E-state index in [4.69, 9.17) is 0 Å². The fourth-order valence-electron chi connectivity index (χ4n) is 3.83. The summed E-state index contributed by atoms with van der Waals surface area (Å²) >= 11 is 1.16. The third-order valence-electron chi connectivity index (χ3n) is 5.48. The van der Waals surface area contributed by atoms with Crippen LogP contribution in [0, 0.1) is 0 Å². The molecule has 162 valence electrons. The van der Waals surface area contributed by atoms with Gasteiger partial charge < -0.3 is 10.2 Å². The summed E-state index contributed by atoms with van der Waals surface area (Å²) in [6.45, 7) is 3.81. The molecule has 2 aliphatic rings. The van der Waals surface area contributed by atoms with Crippen LogP contribution in [-0.4, -0.2) is 65.4 Å². The van der Waals surface area contributed by atoms with Crippen LogP contribution in [0.1, 0.15) is 40.7 Å². The van der Waals surface area contributed by atoms with Crippen molar-refractivity contribution in [2.45, 2.75) is 43.5 Å². The van der Waals surface area contributed by atoms with E-state index < -0.39 is 10.0 Å². The summed E-state index contributed by atoms with van der Waals surface area (Å²) in [6.07, 6.45) is 4.64. The van der Waals surface area contributed by atoms with Gasteiger partial charge in [-0.15, -0.1) is 11.3 Å². The van der Waals surface area contributed by atoms with E-state index in [1.807, 2.05) is 4.68 Å². The molecule has 0 bridgehead atoms. The van der Waals surface area contributed by atoms with Gasteiger partial charge in [-0.25, -0.2) is 8.42 Å². The van der Waals surface area contributed by atoms with Crippen molar-refractivity contribution in [3.8, 4) is 0 Å².